The van der Waals surface area contributed by atoms with Gasteiger partial charge in [-0.25, -0.2) is 13.6 Å². The molecule has 0 bridgehead atoms. The average molecular weight is 257 g/mol. The van der Waals surface area contributed by atoms with Gasteiger partial charge in [0.25, 0.3) is 0 Å². The third-order valence-corrected chi connectivity index (χ3v) is 2.39. The molecule has 1 aromatic carbocycles. The molecule has 0 spiro atoms. The van der Waals surface area contributed by atoms with Gasteiger partial charge in [-0.3, -0.25) is 0 Å². The highest BCUT2D eigenvalue weighted by molar-refractivity contribution is 6.01. The minimum atomic E-state index is -1.96. The predicted molar refractivity (Wildman–Crippen MR) is 56.5 cm³/mol. The number of rotatable bonds is 3. The van der Waals surface area contributed by atoms with Gasteiger partial charge < -0.3 is 14.7 Å². The van der Waals surface area contributed by atoms with Crippen LogP contribution in [0.3, 0.4) is 0 Å². The van der Waals surface area contributed by atoms with E-state index in [1.54, 1.807) is 6.07 Å². The summed E-state index contributed by atoms with van der Waals surface area (Å²) in [7, 11) is 0. The second-order valence-electron chi connectivity index (χ2n) is 3.73. The van der Waals surface area contributed by atoms with Crippen molar-refractivity contribution in [2.45, 2.75) is 12.2 Å². The summed E-state index contributed by atoms with van der Waals surface area (Å²) in [5.74, 6) is -2.44. The summed E-state index contributed by atoms with van der Waals surface area (Å²) >= 11 is 0. The highest BCUT2D eigenvalue weighted by atomic mass is 19.1. The number of carboxylic acid groups (broad SMARTS) is 1. The maximum atomic E-state index is 13.0. The molecule has 1 atom stereocenters. The van der Waals surface area contributed by atoms with Crippen LogP contribution >= 0.6 is 0 Å². The maximum absolute atomic E-state index is 13.0. The molecule has 5 nitrogen and oxygen atoms in total. The summed E-state index contributed by atoms with van der Waals surface area (Å²) in [6.45, 7) is -1.18. The Kier molecular flexibility index (Phi) is 3.14. The van der Waals surface area contributed by atoms with Gasteiger partial charge >= 0.3 is 11.9 Å². The molecule has 1 aromatic rings. The fraction of sp³-hybridized carbons (Fsp3) is 0.273. The van der Waals surface area contributed by atoms with Crippen molar-refractivity contribution in [3.63, 3.8) is 0 Å². The van der Waals surface area contributed by atoms with E-state index in [-0.39, 0.29) is 12.1 Å². The molecule has 1 unspecified atom stereocenters. The Bertz CT molecular complexity index is 506. The number of alkyl halides is 1. The van der Waals surface area contributed by atoms with E-state index in [1.807, 2.05) is 0 Å². The van der Waals surface area contributed by atoms with Crippen molar-refractivity contribution in [2.24, 2.45) is 5.16 Å². The van der Waals surface area contributed by atoms with Gasteiger partial charge in [0.1, 0.15) is 5.82 Å². The van der Waals surface area contributed by atoms with Crippen LogP contribution in [-0.4, -0.2) is 29.4 Å². The number of halogens is 2. The fourth-order valence-corrected chi connectivity index (χ4v) is 1.59. The fourth-order valence-electron chi connectivity index (χ4n) is 1.59. The molecule has 1 aliphatic heterocycles. The summed E-state index contributed by atoms with van der Waals surface area (Å²) in [6, 6.07) is 5.45. The van der Waals surface area contributed by atoms with Crippen LogP contribution in [0.1, 0.15) is 12.0 Å². The van der Waals surface area contributed by atoms with Crippen molar-refractivity contribution in [1.29, 1.82) is 0 Å². The Balaban J connectivity index is 2.18. The van der Waals surface area contributed by atoms with E-state index in [9.17, 15) is 13.6 Å². The highest BCUT2D eigenvalue weighted by Gasteiger charge is 2.44. The van der Waals surface area contributed by atoms with Crippen molar-refractivity contribution in [3.05, 3.63) is 35.6 Å². The van der Waals surface area contributed by atoms with Gasteiger partial charge in [0.2, 0.25) is 0 Å². The number of ether oxygens (including phenoxy) is 1. The molecule has 0 aliphatic carbocycles. The third kappa shape index (κ3) is 2.39. The standard InChI is InChI=1S/C11H9F2NO4/c12-6-11(17-10(15)16)5-9(14-18-11)7-2-1-3-8(13)4-7/h1-4H,5-6H2,(H,15,16). The van der Waals surface area contributed by atoms with Crippen molar-refractivity contribution in [1.82, 2.24) is 0 Å². The van der Waals surface area contributed by atoms with Crippen LogP contribution in [0, 0.1) is 5.82 Å². The molecule has 0 saturated carbocycles. The van der Waals surface area contributed by atoms with Gasteiger partial charge in [-0.05, 0) is 12.1 Å². The number of benzene rings is 1. The zero-order chi connectivity index (χ0) is 13.2. The lowest BCUT2D eigenvalue weighted by atomic mass is 10.0. The molecule has 0 amide bonds. The van der Waals surface area contributed by atoms with Gasteiger partial charge in [-0.1, -0.05) is 17.3 Å². The molecule has 96 valence electrons. The van der Waals surface area contributed by atoms with Crippen molar-refractivity contribution in [3.8, 4) is 0 Å². The summed E-state index contributed by atoms with van der Waals surface area (Å²) in [5, 5.41) is 12.0. The molecular weight excluding hydrogens is 248 g/mol. The average Bonchev–Trinajstić information content (AvgIpc) is 2.73. The summed E-state index contributed by atoms with van der Waals surface area (Å²) in [6.07, 6.45) is -1.87. The summed E-state index contributed by atoms with van der Waals surface area (Å²) in [5.41, 5.74) is 0.618. The van der Waals surface area contributed by atoms with Crippen LogP contribution < -0.4 is 0 Å². The van der Waals surface area contributed by atoms with Crippen LogP contribution in [0.2, 0.25) is 0 Å². The molecule has 1 N–H and O–H groups in total. The lowest BCUT2D eigenvalue weighted by molar-refractivity contribution is -0.202. The number of hydrogen-bond acceptors (Lipinski definition) is 4. The SMILES string of the molecule is O=C(O)OC1(CF)CC(c2cccc(F)c2)=NO1. The van der Waals surface area contributed by atoms with Crippen molar-refractivity contribution in [2.75, 3.05) is 6.67 Å². The Labute approximate surface area is 101 Å². The minimum absolute atomic E-state index is 0.209. The van der Waals surface area contributed by atoms with E-state index in [2.05, 4.69) is 9.89 Å². The van der Waals surface area contributed by atoms with Crippen LogP contribution in [0.25, 0.3) is 0 Å². The molecule has 0 radical (unpaired) electrons. The Morgan fingerprint density at radius 2 is 2.39 bits per heavy atom. The van der Waals surface area contributed by atoms with Gasteiger partial charge in [-0.2, -0.15) is 0 Å². The molecular formula is C11H9F2NO4. The lowest BCUT2D eigenvalue weighted by Crippen LogP contribution is -2.37. The maximum Gasteiger partial charge on any atom is 0.509 e. The second-order valence-corrected chi connectivity index (χ2v) is 3.73. The van der Waals surface area contributed by atoms with Crippen molar-refractivity contribution >= 4 is 11.9 Å². The van der Waals surface area contributed by atoms with E-state index >= 15 is 0 Å². The molecule has 18 heavy (non-hydrogen) atoms. The first-order valence-corrected chi connectivity index (χ1v) is 5.03. The number of carbonyl (C=O) groups is 1. The number of hydrogen-bond donors (Lipinski definition) is 1. The Hall–Kier alpha value is -2.18. The smallest absolute Gasteiger partial charge is 0.450 e. The monoisotopic (exact) mass is 257 g/mol. The molecule has 1 aliphatic rings. The minimum Gasteiger partial charge on any atom is -0.450 e. The third-order valence-electron chi connectivity index (χ3n) is 2.39. The van der Waals surface area contributed by atoms with E-state index in [4.69, 9.17) is 9.94 Å². The van der Waals surface area contributed by atoms with E-state index < -0.39 is 24.4 Å². The topological polar surface area (TPSA) is 68.1 Å². The van der Waals surface area contributed by atoms with E-state index in [0.29, 0.717) is 5.56 Å². The molecule has 0 fully saturated rings. The van der Waals surface area contributed by atoms with Gasteiger partial charge in [0.15, 0.2) is 6.67 Å². The summed E-state index contributed by atoms with van der Waals surface area (Å²) in [4.78, 5) is 15.1. The molecule has 2 rings (SSSR count). The van der Waals surface area contributed by atoms with Crippen LogP contribution in [0.5, 0.6) is 0 Å². The van der Waals surface area contributed by atoms with Gasteiger partial charge in [-0.15, -0.1) is 0 Å². The molecule has 0 aromatic heterocycles. The quantitative estimate of drug-likeness (QED) is 0.843. The lowest BCUT2D eigenvalue weighted by Gasteiger charge is -2.20. The van der Waals surface area contributed by atoms with Crippen LogP contribution in [0.15, 0.2) is 29.4 Å². The van der Waals surface area contributed by atoms with Crippen LogP contribution in [-0.2, 0) is 9.57 Å². The van der Waals surface area contributed by atoms with Gasteiger partial charge in [0.05, 0.1) is 12.1 Å². The highest BCUT2D eigenvalue weighted by Crippen LogP contribution is 2.29. The van der Waals surface area contributed by atoms with Crippen molar-refractivity contribution < 1.29 is 28.3 Å². The molecule has 7 heteroatoms. The number of oxime groups is 1. The number of nitrogens with zero attached hydrogens (tertiary/aromatic N) is 1. The predicted octanol–water partition coefficient (Wildman–Crippen LogP) is 2.31. The largest absolute Gasteiger partial charge is 0.509 e. The second kappa shape index (κ2) is 4.59. The molecule has 1 heterocycles. The van der Waals surface area contributed by atoms with E-state index in [0.717, 1.165) is 0 Å². The zero-order valence-electron chi connectivity index (χ0n) is 9.10. The first-order chi connectivity index (χ1) is 8.54. The van der Waals surface area contributed by atoms with Crippen LogP contribution in [0.4, 0.5) is 13.6 Å². The first-order valence-electron chi connectivity index (χ1n) is 5.03. The van der Waals surface area contributed by atoms with Gasteiger partial charge in [0, 0.05) is 5.56 Å². The summed E-state index contributed by atoms with van der Waals surface area (Å²) < 4.78 is 30.2. The Morgan fingerprint density at radius 1 is 1.61 bits per heavy atom. The first kappa shape index (κ1) is 12.3. The zero-order valence-corrected chi connectivity index (χ0v) is 9.10. The van der Waals surface area contributed by atoms with E-state index in [1.165, 1.54) is 18.2 Å². The normalized spacial score (nSPS) is 22.2. The Morgan fingerprint density at radius 3 is 3.00 bits per heavy atom. The molecule has 0 saturated heterocycles.